The van der Waals surface area contributed by atoms with Crippen molar-refractivity contribution in [2.75, 3.05) is 0 Å². The van der Waals surface area contributed by atoms with E-state index < -0.39 is 24.2 Å². The van der Waals surface area contributed by atoms with Crippen LogP contribution in [-0.4, -0.2) is 0 Å². The van der Waals surface area contributed by atoms with Crippen molar-refractivity contribution < 1.29 is 15.4 Å². The zero-order valence-corrected chi connectivity index (χ0v) is 19.5. The summed E-state index contributed by atoms with van der Waals surface area (Å²) < 4.78 is 76.9. The van der Waals surface area contributed by atoms with Gasteiger partial charge in [-0.15, -0.1) is 0 Å². The van der Waals surface area contributed by atoms with Gasteiger partial charge in [-0.25, -0.2) is 0 Å². The van der Waals surface area contributed by atoms with Crippen molar-refractivity contribution in [2.24, 2.45) is 0 Å². The SMILES string of the molecule is [2H]c1c([2H])c([2H])c2c(-c3ccc4c(c3)oc3cc5ccccc5cc34)c3c([2H])c([2H])c([2H])c([2H])c3c(-c3ccccc3)c2c1[2H]. The summed E-state index contributed by atoms with van der Waals surface area (Å²) in [6.45, 7) is 0. The fourth-order valence-electron chi connectivity index (χ4n) is 5.42. The number of benzene rings is 7. The van der Waals surface area contributed by atoms with E-state index in [4.69, 9.17) is 15.4 Å². The lowest BCUT2D eigenvalue weighted by Crippen LogP contribution is -1.90. The molecule has 8 aromatic rings. The highest BCUT2D eigenvalue weighted by atomic mass is 16.3. The lowest BCUT2D eigenvalue weighted by Gasteiger charge is -2.17. The van der Waals surface area contributed by atoms with Gasteiger partial charge in [0.1, 0.15) is 11.2 Å². The Morgan fingerprint density at radius 1 is 0.432 bits per heavy atom. The van der Waals surface area contributed by atoms with E-state index in [1.165, 1.54) is 0 Å². The van der Waals surface area contributed by atoms with Crippen LogP contribution in [0.4, 0.5) is 0 Å². The molecule has 0 aliphatic carbocycles. The molecule has 7 aromatic carbocycles. The Morgan fingerprint density at radius 3 is 1.62 bits per heavy atom. The standard InChI is InChI=1S/C36H22O/c1-2-10-23(11-3-1)35-28-14-6-8-16-30(28)36(31-17-9-7-15-29(31)35)26-18-19-27-32-20-24-12-4-5-13-25(24)21-34(32)37-33(27)22-26/h1-22H/i6D,7D,8D,9D,14D,15D,16D,17D. The van der Waals surface area contributed by atoms with Gasteiger partial charge in [-0.3, -0.25) is 0 Å². The number of hydrogen-bond acceptors (Lipinski definition) is 1. The van der Waals surface area contributed by atoms with Gasteiger partial charge in [0.2, 0.25) is 0 Å². The van der Waals surface area contributed by atoms with Crippen LogP contribution in [0.2, 0.25) is 0 Å². The first-order valence-corrected chi connectivity index (χ1v) is 12.0. The smallest absolute Gasteiger partial charge is 0.136 e. The maximum absolute atomic E-state index is 9.10. The van der Waals surface area contributed by atoms with Gasteiger partial charge in [0.05, 0.1) is 11.0 Å². The lowest BCUT2D eigenvalue weighted by molar-refractivity contribution is 0.669. The van der Waals surface area contributed by atoms with Gasteiger partial charge in [-0.2, -0.15) is 0 Å². The minimum atomic E-state index is -0.426. The second kappa shape index (κ2) is 7.81. The topological polar surface area (TPSA) is 13.1 Å². The number of fused-ring (bicyclic) bond motifs is 6. The Bertz CT molecular complexity index is 2490. The minimum absolute atomic E-state index is 0.179. The molecule has 1 aromatic heterocycles. The fourth-order valence-corrected chi connectivity index (χ4v) is 5.42. The molecule has 0 unspecified atom stereocenters. The molecule has 0 atom stereocenters. The summed E-state index contributed by atoms with van der Waals surface area (Å²) in [6.07, 6.45) is 0. The summed E-state index contributed by atoms with van der Waals surface area (Å²) in [7, 11) is 0. The highest BCUT2D eigenvalue weighted by Gasteiger charge is 2.17. The first kappa shape index (κ1) is 14.0. The Kier molecular flexibility index (Phi) is 2.96. The average molecular weight is 479 g/mol. The van der Waals surface area contributed by atoms with Gasteiger partial charge < -0.3 is 4.42 Å². The van der Waals surface area contributed by atoms with Gasteiger partial charge in [0.25, 0.3) is 0 Å². The molecule has 0 amide bonds. The highest BCUT2D eigenvalue weighted by Crippen LogP contribution is 2.44. The van der Waals surface area contributed by atoms with Crippen molar-refractivity contribution >= 4 is 54.3 Å². The Hall–Kier alpha value is -4.88. The summed E-state index contributed by atoms with van der Waals surface area (Å²) in [5.41, 5.74) is 2.96. The third-order valence-corrected chi connectivity index (χ3v) is 7.07. The normalized spacial score (nSPS) is 14.8. The van der Waals surface area contributed by atoms with Crippen LogP contribution in [0.15, 0.2) is 138 Å². The first-order valence-electron chi connectivity index (χ1n) is 16.0. The summed E-state index contributed by atoms with van der Waals surface area (Å²) in [5.74, 6) is 0. The largest absolute Gasteiger partial charge is 0.456 e. The Morgan fingerprint density at radius 2 is 0.973 bits per heavy atom. The van der Waals surface area contributed by atoms with Crippen molar-refractivity contribution in [1.29, 1.82) is 0 Å². The van der Waals surface area contributed by atoms with E-state index in [9.17, 15) is 0 Å². The molecule has 37 heavy (non-hydrogen) atoms. The molecule has 0 fully saturated rings. The molecule has 0 saturated carbocycles. The van der Waals surface area contributed by atoms with Gasteiger partial charge in [0, 0.05) is 10.8 Å². The fraction of sp³-hybridized carbons (Fsp3) is 0. The van der Waals surface area contributed by atoms with E-state index >= 15 is 0 Å². The third-order valence-electron chi connectivity index (χ3n) is 7.07. The van der Waals surface area contributed by atoms with E-state index in [1.807, 2.05) is 48.5 Å². The molecule has 8 rings (SSSR count). The van der Waals surface area contributed by atoms with Crippen LogP contribution in [0.25, 0.3) is 76.5 Å². The maximum atomic E-state index is 9.10. The highest BCUT2D eigenvalue weighted by molar-refractivity contribution is 6.22. The molecule has 1 heterocycles. The molecular formula is C36H22O. The number of rotatable bonds is 2. The van der Waals surface area contributed by atoms with E-state index in [2.05, 4.69) is 6.07 Å². The average Bonchev–Trinajstić information content (AvgIpc) is 3.42. The van der Waals surface area contributed by atoms with Crippen molar-refractivity contribution in [3.8, 4) is 22.3 Å². The monoisotopic (exact) mass is 478 g/mol. The molecule has 1 nitrogen and oxygen atoms in total. The van der Waals surface area contributed by atoms with E-state index in [-0.39, 0.29) is 45.7 Å². The summed E-state index contributed by atoms with van der Waals surface area (Å²) in [6, 6.07) is 23.7. The van der Waals surface area contributed by atoms with E-state index in [0.717, 1.165) is 21.5 Å². The quantitative estimate of drug-likeness (QED) is 0.225. The van der Waals surface area contributed by atoms with Crippen LogP contribution in [0.1, 0.15) is 11.0 Å². The van der Waals surface area contributed by atoms with Gasteiger partial charge in [-0.05, 0) is 78.8 Å². The van der Waals surface area contributed by atoms with Crippen molar-refractivity contribution in [3.05, 3.63) is 133 Å². The molecule has 1 heteroatoms. The molecule has 0 bridgehead atoms. The molecule has 0 saturated heterocycles. The summed E-state index contributed by atoms with van der Waals surface area (Å²) >= 11 is 0. The second-order valence-electron chi connectivity index (χ2n) is 9.12. The van der Waals surface area contributed by atoms with Gasteiger partial charge in [0.15, 0.2) is 0 Å². The minimum Gasteiger partial charge on any atom is -0.456 e. The third kappa shape index (κ3) is 3.04. The van der Waals surface area contributed by atoms with Crippen LogP contribution in [0.3, 0.4) is 0 Å². The molecule has 0 N–H and O–H groups in total. The Balaban J connectivity index is 1.60. The van der Waals surface area contributed by atoms with E-state index in [1.54, 1.807) is 30.3 Å². The molecular weight excluding hydrogens is 448 g/mol. The lowest BCUT2D eigenvalue weighted by atomic mass is 9.86. The van der Waals surface area contributed by atoms with Gasteiger partial charge >= 0.3 is 0 Å². The second-order valence-corrected chi connectivity index (χ2v) is 9.12. The predicted molar refractivity (Wildman–Crippen MR) is 157 cm³/mol. The molecule has 0 aliphatic heterocycles. The van der Waals surface area contributed by atoms with Crippen molar-refractivity contribution in [2.45, 2.75) is 0 Å². The van der Waals surface area contributed by atoms with Crippen molar-refractivity contribution in [1.82, 2.24) is 0 Å². The van der Waals surface area contributed by atoms with Crippen LogP contribution in [0.5, 0.6) is 0 Å². The predicted octanol–water partition coefficient (Wildman–Crippen LogP) is 10.4. The Labute approximate surface area is 225 Å². The molecule has 0 radical (unpaired) electrons. The van der Waals surface area contributed by atoms with Crippen LogP contribution < -0.4 is 0 Å². The zero-order chi connectivity index (χ0) is 31.3. The van der Waals surface area contributed by atoms with Gasteiger partial charge in [-0.1, -0.05) is 109 Å². The van der Waals surface area contributed by atoms with Crippen LogP contribution in [-0.2, 0) is 0 Å². The maximum Gasteiger partial charge on any atom is 0.136 e. The summed E-state index contributed by atoms with van der Waals surface area (Å²) in [5, 5.41) is 4.62. The molecule has 172 valence electrons. The summed E-state index contributed by atoms with van der Waals surface area (Å²) in [4.78, 5) is 0. The number of hydrogen-bond donors (Lipinski definition) is 0. The van der Waals surface area contributed by atoms with Crippen LogP contribution >= 0.6 is 0 Å². The van der Waals surface area contributed by atoms with E-state index in [0.29, 0.717) is 33.4 Å². The number of furan rings is 1. The zero-order valence-electron chi connectivity index (χ0n) is 27.5. The first-order chi connectivity index (χ1) is 21.7. The molecule has 0 aliphatic rings. The van der Waals surface area contributed by atoms with Crippen molar-refractivity contribution in [3.63, 3.8) is 0 Å². The molecule has 0 spiro atoms. The van der Waals surface area contributed by atoms with Crippen LogP contribution in [0, 0.1) is 0 Å².